The number of benzene rings is 3. The molecule has 0 bridgehead atoms. The first-order valence-corrected chi connectivity index (χ1v) is 10.7. The second-order valence-corrected chi connectivity index (χ2v) is 7.19. The van der Waals surface area contributed by atoms with Crippen molar-refractivity contribution in [2.24, 2.45) is 5.10 Å². The van der Waals surface area contributed by atoms with E-state index in [0.717, 1.165) is 11.3 Å². The van der Waals surface area contributed by atoms with Crippen LogP contribution in [0.2, 0.25) is 0 Å². The molecular formula is C26H23N3O5. The lowest BCUT2D eigenvalue weighted by molar-refractivity contribution is -0.117. The second-order valence-electron chi connectivity index (χ2n) is 7.19. The van der Waals surface area contributed by atoms with Crippen LogP contribution in [0, 0.1) is 0 Å². The van der Waals surface area contributed by atoms with Crippen molar-refractivity contribution in [3.8, 4) is 17.2 Å². The van der Waals surface area contributed by atoms with Crippen LogP contribution in [-0.2, 0) is 4.79 Å². The Morgan fingerprint density at radius 2 is 1.71 bits per heavy atom. The zero-order valence-corrected chi connectivity index (χ0v) is 18.5. The Morgan fingerprint density at radius 1 is 0.971 bits per heavy atom. The number of carbonyl (C=O) groups is 2. The Morgan fingerprint density at radius 3 is 2.47 bits per heavy atom. The van der Waals surface area contributed by atoms with Gasteiger partial charge in [0, 0.05) is 5.56 Å². The van der Waals surface area contributed by atoms with Crippen LogP contribution in [0.25, 0.3) is 6.08 Å². The predicted molar refractivity (Wildman–Crippen MR) is 128 cm³/mol. The van der Waals surface area contributed by atoms with Crippen LogP contribution in [-0.4, -0.2) is 31.4 Å². The summed E-state index contributed by atoms with van der Waals surface area (Å²) in [5.74, 6) is 0.941. The molecule has 3 aromatic rings. The average molecular weight is 457 g/mol. The molecule has 0 fully saturated rings. The molecule has 0 aromatic heterocycles. The number of hydrogen-bond acceptors (Lipinski definition) is 6. The van der Waals surface area contributed by atoms with Crippen molar-refractivity contribution < 1.29 is 23.8 Å². The number of hydrogen-bond donors (Lipinski definition) is 2. The van der Waals surface area contributed by atoms with Gasteiger partial charge in [0.05, 0.1) is 12.8 Å². The van der Waals surface area contributed by atoms with Crippen LogP contribution in [0.1, 0.15) is 28.4 Å². The molecule has 0 radical (unpaired) electrons. The van der Waals surface area contributed by atoms with Gasteiger partial charge in [0.15, 0.2) is 11.5 Å². The Labute approximate surface area is 196 Å². The van der Waals surface area contributed by atoms with E-state index in [1.54, 1.807) is 48.5 Å². The fourth-order valence-corrected chi connectivity index (χ4v) is 3.15. The summed E-state index contributed by atoms with van der Waals surface area (Å²) in [6, 6.07) is 21.1. The van der Waals surface area contributed by atoms with E-state index in [-0.39, 0.29) is 12.5 Å². The Balaban J connectivity index is 1.51. The van der Waals surface area contributed by atoms with Gasteiger partial charge in [-0.05, 0) is 72.7 Å². The minimum atomic E-state index is -0.580. The Hall–Kier alpha value is -4.59. The number of hydrazone groups is 1. The molecule has 0 spiro atoms. The van der Waals surface area contributed by atoms with Gasteiger partial charge < -0.3 is 19.5 Å². The van der Waals surface area contributed by atoms with E-state index in [2.05, 4.69) is 15.8 Å². The lowest BCUT2D eigenvalue weighted by Crippen LogP contribution is -2.32. The van der Waals surface area contributed by atoms with Crippen molar-refractivity contribution in [1.29, 1.82) is 0 Å². The maximum Gasteiger partial charge on any atom is 0.287 e. The van der Waals surface area contributed by atoms with Crippen LogP contribution in [0.15, 0.2) is 83.6 Å². The molecular weight excluding hydrogens is 434 g/mol. The molecule has 1 heterocycles. The van der Waals surface area contributed by atoms with Gasteiger partial charge in [-0.15, -0.1) is 0 Å². The smallest absolute Gasteiger partial charge is 0.287 e. The maximum absolute atomic E-state index is 12.9. The maximum atomic E-state index is 12.9. The molecule has 1 aliphatic rings. The number of ether oxygens (including phenoxy) is 3. The van der Waals surface area contributed by atoms with E-state index in [4.69, 9.17) is 14.2 Å². The summed E-state index contributed by atoms with van der Waals surface area (Å²) in [5.41, 5.74) is 4.33. The topological polar surface area (TPSA) is 98.2 Å². The van der Waals surface area contributed by atoms with Crippen molar-refractivity contribution in [2.75, 3.05) is 13.4 Å². The molecule has 8 heteroatoms. The van der Waals surface area contributed by atoms with E-state index < -0.39 is 11.8 Å². The van der Waals surface area contributed by atoms with Crippen molar-refractivity contribution in [3.05, 3.63) is 95.2 Å². The summed E-state index contributed by atoms with van der Waals surface area (Å²) in [4.78, 5) is 25.6. The predicted octanol–water partition coefficient (Wildman–Crippen LogP) is 3.74. The molecule has 3 aromatic carbocycles. The molecule has 0 unspecified atom stereocenters. The molecule has 8 nitrogen and oxygen atoms in total. The van der Waals surface area contributed by atoms with E-state index in [1.165, 1.54) is 6.21 Å². The SMILES string of the molecule is CCOc1ccc(/C=N/NC(=O)/C(=C\c2ccc3c(c2)OCO3)NC(=O)c2ccccc2)cc1. The zero-order valence-electron chi connectivity index (χ0n) is 18.5. The van der Waals surface area contributed by atoms with Gasteiger partial charge in [-0.3, -0.25) is 9.59 Å². The third kappa shape index (κ3) is 5.80. The highest BCUT2D eigenvalue weighted by Crippen LogP contribution is 2.33. The number of nitrogens with one attached hydrogen (secondary N) is 2. The standard InChI is InChI=1S/C26H23N3O5/c1-2-32-21-11-8-18(9-12-21)16-27-29-26(31)22(28-25(30)20-6-4-3-5-7-20)14-19-10-13-23-24(15-19)34-17-33-23/h3-16H,2,17H2,1H3,(H,28,30)(H,29,31)/b22-14+,27-16+. The van der Waals surface area contributed by atoms with E-state index in [1.807, 2.05) is 37.3 Å². The molecule has 0 saturated carbocycles. The van der Waals surface area contributed by atoms with Crippen LogP contribution in [0.4, 0.5) is 0 Å². The highest BCUT2D eigenvalue weighted by molar-refractivity contribution is 6.05. The van der Waals surface area contributed by atoms with Crippen molar-refractivity contribution in [3.63, 3.8) is 0 Å². The summed E-state index contributed by atoms with van der Waals surface area (Å²) in [6.07, 6.45) is 3.05. The molecule has 4 rings (SSSR count). The fraction of sp³-hybridized carbons (Fsp3) is 0.115. The van der Waals surface area contributed by atoms with Crippen molar-refractivity contribution >= 4 is 24.1 Å². The van der Waals surface area contributed by atoms with Gasteiger partial charge in [0.25, 0.3) is 11.8 Å². The van der Waals surface area contributed by atoms with Gasteiger partial charge in [-0.2, -0.15) is 5.10 Å². The van der Waals surface area contributed by atoms with E-state index in [0.29, 0.717) is 29.2 Å². The fourth-order valence-electron chi connectivity index (χ4n) is 3.15. The summed E-state index contributed by atoms with van der Waals surface area (Å²) < 4.78 is 16.1. The number of rotatable bonds is 8. The average Bonchev–Trinajstić information content (AvgIpc) is 3.33. The Kier molecular flexibility index (Phi) is 7.19. The van der Waals surface area contributed by atoms with Crippen molar-refractivity contribution in [2.45, 2.75) is 6.92 Å². The first kappa shape index (κ1) is 22.6. The summed E-state index contributed by atoms with van der Waals surface area (Å²) in [7, 11) is 0. The lowest BCUT2D eigenvalue weighted by atomic mass is 10.1. The van der Waals surface area contributed by atoms with Crippen LogP contribution < -0.4 is 25.0 Å². The van der Waals surface area contributed by atoms with E-state index in [9.17, 15) is 9.59 Å². The summed E-state index contributed by atoms with van der Waals surface area (Å²) in [6.45, 7) is 2.63. The van der Waals surface area contributed by atoms with Gasteiger partial charge in [-0.1, -0.05) is 24.3 Å². The highest BCUT2D eigenvalue weighted by atomic mass is 16.7. The number of carbonyl (C=O) groups excluding carboxylic acids is 2. The number of fused-ring (bicyclic) bond motifs is 1. The first-order chi connectivity index (χ1) is 16.6. The largest absolute Gasteiger partial charge is 0.494 e. The third-order valence-electron chi connectivity index (χ3n) is 4.81. The minimum Gasteiger partial charge on any atom is -0.494 e. The normalized spacial score (nSPS) is 12.4. The van der Waals surface area contributed by atoms with Crippen molar-refractivity contribution in [1.82, 2.24) is 10.7 Å². The molecule has 0 atom stereocenters. The first-order valence-electron chi connectivity index (χ1n) is 10.7. The monoisotopic (exact) mass is 457 g/mol. The van der Waals surface area contributed by atoms with Crippen LogP contribution in [0.3, 0.4) is 0 Å². The van der Waals surface area contributed by atoms with Crippen LogP contribution in [0.5, 0.6) is 17.2 Å². The molecule has 34 heavy (non-hydrogen) atoms. The second kappa shape index (κ2) is 10.8. The highest BCUT2D eigenvalue weighted by Gasteiger charge is 2.16. The molecule has 2 amide bonds. The lowest BCUT2D eigenvalue weighted by Gasteiger charge is -2.09. The number of amides is 2. The zero-order chi connectivity index (χ0) is 23.8. The summed E-state index contributed by atoms with van der Waals surface area (Å²) >= 11 is 0. The number of nitrogens with zero attached hydrogens (tertiary/aromatic N) is 1. The Bertz CT molecular complexity index is 1220. The van der Waals surface area contributed by atoms with Gasteiger partial charge in [0.1, 0.15) is 11.4 Å². The van der Waals surface area contributed by atoms with Crippen LogP contribution >= 0.6 is 0 Å². The molecule has 0 saturated heterocycles. The third-order valence-corrected chi connectivity index (χ3v) is 4.81. The van der Waals surface area contributed by atoms with E-state index >= 15 is 0 Å². The minimum absolute atomic E-state index is 0.0246. The quantitative estimate of drug-likeness (QED) is 0.305. The molecule has 2 N–H and O–H groups in total. The molecule has 1 aliphatic heterocycles. The molecule has 0 aliphatic carbocycles. The summed E-state index contributed by atoms with van der Waals surface area (Å²) in [5, 5.41) is 6.68. The van der Waals surface area contributed by atoms with Gasteiger partial charge in [0.2, 0.25) is 6.79 Å². The van der Waals surface area contributed by atoms with Gasteiger partial charge >= 0.3 is 0 Å². The van der Waals surface area contributed by atoms with Gasteiger partial charge in [-0.25, -0.2) is 5.43 Å². The molecule has 172 valence electrons.